The summed E-state index contributed by atoms with van der Waals surface area (Å²) in [5.74, 6) is -0.481. The van der Waals surface area contributed by atoms with Crippen molar-refractivity contribution in [3.05, 3.63) is 36.5 Å². The van der Waals surface area contributed by atoms with Crippen LogP contribution in [0.25, 0.3) is 10.9 Å². The average Bonchev–Trinajstić information content (AvgIpc) is 3.20. The Morgan fingerprint density at radius 1 is 1.23 bits per heavy atom. The number of hydrogen-bond acceptors (Lipinski definition) is 3. The summed E-state index contributed by atoms with van der Waals surface area (Å²) in [4.78, 5) is 26.8. The molecule has 0 radical (unpaired) electrons. The van der Waals surface area contributed by atoms with Gasteiger partial charge in [-0.05, 0) is 43.2 Å². The van der Waals surface area contributed by atoms with Gasteiger partial charge >= 0.3 is 5.97 Å². The molecule has 2 heterocycles. The van der Waals surface area contributed by atoms with Crippen molar-refractivity contribution < 1.29 is 14.3 Å². The first-order chi connectivity index (χ1) is 12.6. The summed E-state index contributed by atoms with van der Waals surface area (Å²) in [5, 5.41) is 1.21. The van der Waals surface area contributed by atoms with E-state index in [1.54, 1.807) is 4.90 Å². The van der Waals surface area contributed by atoms with E-state index in [-0.39, 0.29) is 24.2 Å². The number of aromatic nitrogens is 1. The molecule has 1 amide bonds. The lowest BCUT2D eigenvalue weighted by Crippen LogP contribution is -2.46. The fraction of sp³-hybridized carbons (Fsp3) is 0.524. The summed E-state index contributed by atoms with van der Waals surface area (Å²) >= 11 is 0. The molecule has 2 aromatic rings. The van der Waals surface area contributed by atoms with Gasteiger partial charge in [-0.1, -0.05) is 24.6 Å². The summed E-state index contributed by atoms with van der Waals surface area (Å²) < 4.78 is 7.86. The van der Waals surface area contributed by atoms with E-state index in [0.717, 1.165) is 38.6 Å². The van der Waals surface area contributed by atoms with Crippen LogP contribution < -0.4 is 0 Å². The van der Waals surface area contributed by atoms with Gasteiger partial charge in [0.2, 0.25) is 5.91 Å². The maximum Gasteiger partial charge on any atom is 0.307 e. The highest BCUT2D eigenvalue weighted by Crippen LogP contribution is 2.44. The minimum absolute atomic E-state index is 0.0502. The fourth-order valence-electron chi connectivity index (χ4n) is 4.57. The van der Waals surface area contributed by atoms with E-state index in [9.17, 15) is 9.59 Å². The number of esters is 1. The maximum atomic E-state index is 13.1. The Morgan fingerprint density at radius 2 is 2.00 bits per heavy atom. The van der Waals surface area contributed by atoms with Gasteiger partial charge in [0.05, 0.1) is 12.3 Å². The van der Waals surface area contributed by atoms with Crippen molar-refractivity contribution in [2.24, 2.45) is 5.92 Å². The first kappa shape index (κ1) is 17.1. The van der Waals surface area contributed by atoms with Crippen LogP contribution in [0.2, 0.25) is 0 Å². The summed E-state index contributed by atoms with van der Waals surface area (Å²) in [5.41, 5.74) is 0.636. The van der Waals surface area contributed by atoms with Crippen LogP contribution in [-0.4, -0.2) is 40.5 Å². The molecule has 2 aliphatic rings. The minimum Gasteiger partial charge on any atom is -0.458 e. The Balaban J connectivity index is 1.44. The molecule has 1 aliphatic heterocycles. The molecule has 1 spiro atoms. The van der Waals surface area contributed by atoms with Crippen LogP contribution in [0.3, 0.4) is 0 Å². The number of likely N-dealkylation sites (N-methyl/N-ethyl adjacent to an activating group) is 1. The highest BCUT2D eigenvalue weighted by atomic mass is 16.6. The minimum atomic E-state index is -0.541. The summed E-state index contributed by atoms with van der Waals surface area (Å²) in [6, 6.07) is 10.3. The van der Waals surface area contributed by atoms with Gasteiger partial charge in [0, 0.05) is 31.9 Å². The molecular formula is C21H26N2O3. The molecule has 1 atom stereocenters. The molecule has 0 bridgehead atoms. The Bertz CT molecular complexity index is 820. The maximum absolute atomic E-state index is 13.1. The largest absolute Gasteiger partial charge is 0.458 e. The zero-order chi connectivity index (χ0) is 18.1. The van der Waals surface area contributed by atoms with Gasteiger partial charge in [-0.15, -0.1) is 0 Å². The molecule has 138 valence electrons. The molecule has 1 saturated carbocycles. The number of fused-ring (bicyclic) bond motifs is 1. The monoisotopic (exact) mass is 354 g/mol. The lowest BCUT2D eigenvalue weighted by atomic mass is 9.75. The van der Waals surface area contributed by atoms with Crippen molar-refractivity contribution in [1.29, 1.82) is 0 Å². The number of para-hydroxylation sites is 1. The van der Waals surface area contributed by atoms with E-state index in [1.165, 1.54) is 10.9 Å². The Kier molecular flexibility index (Phi) is 4.47. The second kappa shape index (κ2) is 6.78. The highest BCUT2D eigenvalue weighted by Gasteiger charge is 2.53. The van der Waals surface area contributed by atoms with Gasteiger partial charge in [-0.2, -0.15) is 0 Å². The van der Waals surface area contributed by atoms with Crippen LogP contribution in [0.1, 0.15) is 38.5 Å². The normalized spacial score (nSPS) is 21.9. The van der Waals surface area contributed by atoms with E-state index >= 15 is 0 Å². The van der Waals surface area contributed by atoms with Crippen molar-refractivity contribution in [2.45, 2.75) is 50.7 Å². The number of benzene rings is 1. The molecular weight excluding hydrogens is 328 g/mol. The number of hydrogen-bond donors (Lipinski definition) is 0. The van der Waals surface area contributed by atoms with E-state index in [2.05, 4.69) is 29.0 Å². The summed E-state index contributed by atoms with van der Waals surface area (Å²) in [7, 11) is 1.84. The lowest BCUT2D eigenvalue weighted by Gasteiger charge is -2.37. The molecule has 5 heteroatoms. The second-order valence-electron chi connectivity index (χ2n) is 7.68. The molecule has 2 fully saturated rings. The zero-order valence-corrected chi connectivity index (χ0v) is 15.3. The van der Waals surface area contributed by atoms with E-state index in [1.807, 2.05) is 19.2 Å². The smallest absolute Gasteiger partial charge is 0.307 e. The Hall–Kier alpha value is -2.30. The van der Waals surface area contributed by atoms with E-state index in [4.69, 9.17) is 4.74 Å². The third-order valence-electron chi connectivity index (χ3n) is 6.05. The topological polar surface area (TPSA) is 51.5 Å². The van der Waals surface area contributed by atoms with Crippen LogP contribution in [0, 0.1) is 5.92 Å². The number of carbonyl (C=O) groups is 2. The highest BCUT2D eigenvalue weighted by molar-refractivity contribution is 5.88. The third-order valence-corrected chi connectivity index (χ3v) is 6.05. The van der Waals surface area contributed by atoms with E-state index < -0.39 is 5.60 Å². The molecule has 5 nitrogen and oxygen atoms in total. The lowest BCUT2D eigenvalue weighted by molar-refractivity contribution is -0.155. The second-order valence-corrected chi connectivity index (χ2v) is 7.68. The van der Waals surface area contributed by atoms with Crippen molar-refractivity contribution >= 4 is 22.8 Å². The van der Waals surface area contributed by atoms with Crippen LogP contribution >= 0.6 is 0 Å². The predicted molar refractivity (Wildman–Crippen MR) is 99.6 cm³/mol. The summed E-state index contributed by atoms with van der Waals surface area (Å²) in [6.07, 6.45) is 7.18. The molecule has 1 saturated heterocycles. The number of rotatable bonds is 4. The summed E-state index contributed by atoms with van der Waals surface area (Å²) in [6.45, 7) is 1.36. The molecule has 4 rings (SSSR count). The molecule has 1 aromatic carbocycles. The zero-order valence-electron chi connectivity index (χ0n) is 15.3. The number of carbonyl (C=O) groups excluding carboxylic acids is 2. The van der Waals surface area contributed by atoms with Gasteiger partial charge in [0.15, 0.2) is 0 Å². The van der Waals surface area contributed by atoms with Crippen molar-refractivity contribution in [2.75, 3.05) is 13.6 Å². The number of amides is 1. The van der Waals surface area contributed by atoms with Gasteiger partial charge in [0.25, 0.3) is 0 Å². The standard InChI is InChI=1S/C21H26N2O3/c1-22(13-14-23-12-9-16-7-3-4-8-18(16)23)20(25)17-15-19(24)26-21(17)10-5-2-6-11-21/h3-4,7-9,12,17H,2,5-6,10-11,13-15H2,1H3. The first-order valence-electron chi connectivity index (χ1n) is 9.60. The molecule has 1 unspecified atom stereocenters. The predicted octanol–water partition coefficient (Wildman–Crippen LogP) is 3.37. The van der Waals surface area contributed by atoms with Gasteiger partial charge in [-0.25, -0.2) is 0 Å². The molecule has 26 heavy (non-hydrogen) atoms. The molecule has 1 aromatic heterocycles. The molecule has 0 N–H and O–H groups in total. The van der Waals surface area contributed by atoms with Crippen LogP contribution in [0.5, 0.6) is 0 Å². The Labute approximate surface area is 153 Å². The first-order valence-corrected chi connectivity index (χ1v) is 9.60. The Morgan fingerprint density at radius 3 is 2.81 bits per heavy atom. The van der Waals surface area contributed by atoms with Crippen molar-refractivity contribution in [3.8, 4) is 0 Å². The SMILES string of the molecule is CN(CCn1ccc2ccccc21)C(=O)C1CC(=O)OC12CCCCC2. The fourth-order valence-corrected chi connectivity index (χ4v) is 4.57. The van der Waals surface area contributed by atoms with Crippen molar-refractivity contribution in [1.82, 2.24) is 9.47 Å². The number of nitrogens with zero attached hydrogens (tertiary/aromatic N) is 2. The average molecular weight is 354 g/mol. The van der Waals surface area contributed by atoms with Gasteiger partial charge in [0.1, 0.15) is 5.60 Å². The quantitative estimate of drug-likeness (QED) is 0.791. The third kappa shape index (κ3) is 3.00. The number of ether oxygens (including phenoxy) is 1. The molecule has 1 aliphatic carbocycles. The van der Waals surface area contributed by atoms with Crippen LogP contribution in [0.4, 0.5) is 0 Å². The van der Waals surface area contributed by atoms with Gasteiger partial charge < -0.3 is 14.2 Å². The van der Waals surface area contributed by atoms with E-state index in [0.29, 0.717) is 6.54 Å². The van der Waals surface area contributed by atoms with Crippen LogP contribution in [-0.2, 0) is 20.9 Å². The van der Waals surface area contributed by atoms with Gasteiger partial charge in [-0.3, -0.25) is 9.59 Å². The van der Waals surface area contributed by atoms with Crippen LogP contribution in [0.15, 0.2) is 36.5 Å². The van der Waals surface area contributed by atoms with Crippen molar-refractivity contribution in [3.63, 3.8) is 0 Å².